The van der Waals surface area contributed by atoms with E-state index in [1.165, 1.54) is 4.31 Å². The molecule has 0 aliphatic heterocycles. The third kappa shape index (κ3) is 6.17. The second-order valence-electron chi connectivity index (χ2n) is 6.13. The second kappa shape index (κ2) is 8.01. The van der Waals surface area contributed by atoms with Gasteiger partial charge in [0.25, 0.3) is 0 Å². The van der Waals surface area contributed by atoms with Crippen molar-refractivity contribution in [2.24, 2.45) is 0 Å². The van der Waals surface area contributed by atoms with Crippen LogP contribution in [0.15, 0.2) is 54.6 Å². The first-order valence-electron chi connectivity index (χ1n) is 7.96. The molecule has 0 saturated heterocycles. The fraction of sp³-hybridized carbons (Fsp3) is 0.333. The molecule has 0 aliphatic rings. The van der Waals surface area contributed by atoms with Crippen LogP contribution in [-0.4, -0.2) is 34.6 Å². The van der Waals surface area contributed by atoms with Gasteiger partial charge in [-0.1, -0.05) is 42.5 Å². The highest BCUT2D eigenvalue weighted by molar-refractivity contribution is 7.93. The van der Waals surface area contributed by atoms with Crippen molar-refractivity contribution >= 4 is 25.5 Å². The first-order valence-corrected chi connectivity index (χ1v) is 11.6. The molecule has 25 heavy (non-hydrogen) atoms. The fourth-order valence-electron chi connectivity index (χ4n) is 2.50. The smallest absolute Gasteiger partial charge is 0.235 e. The Bertz CT molecular complexity index is 907. The Labute approximate surface area is 150 Å². The molecule has 0 fully saturated rings. The van der Waals surface area contributed by atoms with E-state index in [2.05, 4.69) is 0 Å². The summed E-state index contributed by atoms with van der Waals surface area (Å²) < 4.78 is 49.7. The van der Waals surface area contributed by atoms with Crippen LogP contribution < -0.4 is 4.31 Å². The minimum Gasteiger partial charge on any atom is -0.266 e. The summed E-state index contributed by atoms with van der Waals surface area (Å²) in [5.41, 5.74) is 2.42. The molecule has 136 valence electrons. The number of aryl methyl sites for hydroxylation is 1. The third-order valence-corrected chi connectivity index (χ3v) is 6.56. The maximum Gasteiger partial charge on any atom is 0.235 e. The normalized spacial score (nSPS) is 12.1. The molecule has 2 aromatic carbocycles. The largest absolute Gasteiger partial charge is 0.266 e. The van der Waals surface area contributed by atoms with Crippen LogP contribution in [0.3, 0.4) is 0 Å². The Kier molecular flexibility index (Phi) is 6.24. The monoisotopic (exact) mass is 381 g/mol. The summed E-state index contributed by atoms with van der Waals surface area (Å²) in [5, 5.41) is 0. The predicted molar refractivity (Wildman–Crippen MR) is 102 cm³/mol. The van der Waals surface area contributed by atoms with E-state index in [-0.39, 0.29) is 24.5 Å². The van der Waals surface area contributed by atoms with E-state index in [1.807, 2.05) is 55.5 Å². The van der Waals surface area contributed by atoms with Crippen LogP contribution >= 0.6 is 0 Å². The molecular weight excluding hydrogens is 358 g/mol. The number of hydrogen-bond acceptors (Lipinski definition) is 4. The minimum absolute atomic E-state index is 0.0816. The highest BCUT2D eigenvalue weighted by Gasteiger charge is 2.23. The van der Waals surface area contributed by atoms with Gasteiger partial charge in [0.15, 0.2) is 0 Å². The summed E-state index contributed by atoms with van der Waals surface area (Å²) in [4.78, 5) is 0. The van der Waals surface area contributed by atoms with Crippen LogP contribution in [0.25, 0.3) is 0 Å². The minimum atomic E-state index is -3.64. The van der Waals surface area contributed by atoms with E-state index in [0.29, 0.717) is 5.69 Å². The number of hydrogen-bond donors (Lipinski definition) is 0. The highest BCUT2D eigenvalue weighted by atomic mass is 32.2. The van der Waals surface area contributed by atoms with Gasteiger partial charge in [-0.15, -0.1) is 0 Å². The van der Waals surface area contributed by atoms with Crippen molar-refractivity contribution in [2.75, 3.05) is 22.1 Å². The summed E-state index contributed by atoms with van der Waals surface area (Å²) in [6, 6.07) is 16.6. The van der Waals surface area contributed by atoms with Crippen LogP contribution in [0.4, 0.5) is 5.69 Å². The molecule has 0 spiro atoms. The van der Waals surface area contributed by atoms with E-state index in [0.717, 1.165) is 17.4 Å². The van der Waals surface area contributed by atoms with E-state index in [9.17, 15) is 16.8 Å². The average molecular weight is 382 g/mol. The van der Waals surface area contributed by atoms with Crippen LogP contribution in [0.2, 0.25) is 0 Å². The summed E-state index contributed by atoms with van der Waals surface area (Å²) in [7, 11) is -6.83. The maximum atomic E-state index is 12.9. The molecular formula is C18H23NO4S2. The number of sulfone groups is 1. The molecule has 0 heterocycles. The van der Waals surface area contributed by atoms with Gasteiger partial charge in [0.2, 0.25) is 10.0 Å². The van der Waals surface area contributed by atoms with Gasteiger partial charge >= 0.3 is 0 Å². The number of sulfonamides is 1. The van der Waals surface area contributed by atoms with Gasteiger partial charge < -0.3 is 0 Å². The van der Waals surface area contributed by atoms with Gasteiger partial charge in [-0.05, 0) is 36.6 Å². The molecule has 5 nitrogen and oxygen atoms in total. The van der Waals surface area contributed by atoms with E-state index in [1.54, 1.807) is 6.07 Å². The lowest BCUT2D eigenvalue weighted by Gasteiger charge is -2.25. The first-order chi connectivity index (χ1) is 11.7. The van der Waals surface area contributed by atoms with Gasteiger partial charge in [0, 0.05) is 6.26 Å². The van der Waals surface area contributed by atoms with Crippen LogP contribution in [0.1, 0.15) is 17.5 Å². The lowest BCUT2D eigenvalue weighted by Crippen LogP contribution is -2.33. The van der Waals surface area contributed by atoms with Crippen molar-refractivity contribution in [1.29, 1.82) is 0 Å². The highest BCUT2D eigenvalue weighted by Crippen LogP contribution is 2.23. The SMILES string of the molecule is Cc1cccc(N(Cc2ccccc2)S(=O)(=O)CCCS(C)(=O)=O)c1. The third-order valence-electron chi connectivity index (χ3n) is 3.71. The van der Waals surface area contributed by atoms with Crippen molar-refractivity contribution < 1.29 is 16.8 Å². The molecule has 0 aliphatic carbocycles. The summed E-state index contributed by atoms with van der Waals surface area (Å²) in [6.45, 7) is 2.12. The number of rotatable bonds is 8. The number of benzene rings is 2. The molecule has 0 radical (unpaired) electrons. The van der Waals surface area contributed by atoms with Crippen molar-refractivity contribution in [3.63, 3.8) is 0 Å². The van der Waals surface area contributed by atoms with Gasteiger partial charge in [-0.2, -0.15) is 0 Å². The summed E-state index contributed by atoms with van der Waals surface area (Å²) >= 11 is 0. The Morgan fingerprint density at radius 1 is 0.880 bits per heavy atom. The fourth-order valence-corrected chi connectivity index (χ4v) is 4.86. The molecule has 0 atom stereocenters. The quantitative estimate of drug-likeness (QED) is 0.705. The van der Waals surface area contributed by atoms with E-state index in [4.69, 9.17) is 0 Å². The standard InChI is InChI=1S/C18H23NO4S2/c1-16-8-6-11-18(14-16)19(15-17-9-4-3-5-10-17)25(22,23)13-7-12-24(2,20)21/h3-6,8-11,14H,7,12-13,15H2,1-2H3. The van der Waals surface area contributed by atoms with Gasteiger partial charge in [-0.3, -0.25) is 4.31 Å². The first kappa shape index (κ1) is 19.5. The molecule has 0 bridgehead atoms. The van der Waals surface area contributed by atoms with E-state index >= 15 is 0 Å². The number of anilines is 1. The molecule has 0 amide bonds. The Morgan fingerprint density at radius 2 is 1.56 bits per heavy atom. The molecule has 2 aromatic rings. The lowest BCUT2D eigenvalue weighted by atomic mass is 10.2. The second-order valence-corrected chi connectivity index (χ2v) is 10.4. The Balaban J connectivity index is 2.30. The molecule has 7 heteroatoms. The van der Waals surface area contributed by atoms with E-state index < -0.39 is 19.9 Å². The van der Waals surface area contributed by atoms with Crippen molar-refractivity contribution in [3.8, 4) is 0 Å². The van der Waals surface area contributed by atoms with Crippen LogP contribution in [-0.2, 0) is 26.4 Å². The summed E-state index contributed by atoms with van der Waals surface area (Å²) in [6.07, 6.45) is 1.19. The van der Waals surface area contributed by atoms with Crippen LogP contribution in [0, 0.1) is 6.92 Å². The molecule has 0 aromatic heterocycles. The molecule has 0 saturated carbocycles. The van der Waals surface area contributed by atoms with Crippen molar-refractivity contribution in [1.82, 2.24) is 0 Å². The van der Waals surface area contributed by atoms with Gasteiger partial charge in [-0.25, -0.2) is 16.8 Å². The molecule has 2 rings (SSSR count). The Hall–Kier alpha value is -1.86. The van der Waals surface area contributed by atoms with Crippen LogP contribution in [0.5, 0.6) is 0 Å². The molecule has 0 N–H and O–H groups in total. The molecule has 0 unspecified atom stereocenters. The predicted octanol–water partition coefficient (Wildman–Crippen LogP) is 2.77. The van der Waals surface area contributed by atoms with Gasteiger partial charge in [0.1, 0.15) is 9.84 Å². The summed E-state index contributed by atoms with van der Waals surface area (Å²) in [5.74, 6) is -0.347. The zero-order valence-electron chi connectivity index (χ0n) is 14.4. The van der Waals surface area contributed by atoms with Crippen molar-refractivity contribution in [3.05, 3.63) is 65.7 Å². The Morgan fingerprint density at radius 3 is 2.16 bits per heavy atom. The van der Waals surface area contributed by atoms with Gasteiger partial charge in [0.05, 0.1) is 23.7 Å². The average Bonchev–Trinajstić information content (AvgIpc) is 2.52. The zero-order chi connectivity index (χ0) is 18.5. The van der Waals surface area contributed by atoms with Crippen molar-refractivity contribution in [2.45, 2.75) is 19.9 Å². The number of nitrogens with zero attached hydrogens (tertiary/aromatic N) is 1. The lowest BCUT2D eigenvalue weighted by molar-refractivity contribution is 0.587. The zero-order valence-corrected chi connectivity index (χ0v) is 16.1. The topological polar surface area (TPSA) is 71.5 Å². The maximum absolute atomic E-state index is 12.9.